The molecule has 178 valence electrons. The summed E-state index contributed by atoms with van der Waals surface area (Å²) in [5, 5.41) is 0.390. The first-order valence-electron chi connectivity index (χ1n) is 11.5. The van der Waals surface area contributed by atoms with E-state index in [1.807, 2.05) is 42.2 Å². The van der Waals surface area contributed by atoms with Crippen molar-refractivity contribution in [1.29, 1.82) is 0 Å². The van der Waals surface area contributed by atoms with Gasteiger partial charge < -0.3 is 14.7 Å². The van der Waals surface area contributed by atoms with Gasteiger partial charge in [0.2, 0.25) is 0 Å². The summed E-state index contributed by atoms with van der Waals surface area (Å²) in [6, 6.07) is 14.6. The van der Waals surface area contributed by atoms with Gasteiger partial charge in [0.1, 0.15) is 11.6 Å². The minimum Gasteiger partial charge on any atom is -0.353 e. The number of aryl methyl sites for hydroxylation is 1. The van der Waals surface area contributed by atoms with Gasteiger partial charge in [-0.2, -0.15) is 0 Å². The molecule has 34 heavy (non-hydrogen) atoms. The number of benzene rings is 2. The van der Waals surface area contributed by atoms with Gasteiger partial charge in [-0.25, -0.2) is 19.2 Å². The summed E-state index contributed by atoms with van der Waals surface area (Å²) in [6.07, 6.45) is 0.978. The van der Waals surface area contributed by atoms with Crippen LogP contribution in [0.2, 0.25) is 5.02 Å². The third-order valence-corrected chi connectivity index (χ3v) is 6.44. The molecule has 3 aromatic rings. The lowest BCUT2D eigenvalue weighted by molar-refractivity contribution is 0.168. The van der Waals surface area contributed by atoms with Gasteiger partial charge in [0.05, 0.1) is 0 Å². The molecule has 6 nitrogen and oxygen atoms in total. The zero-order valence-electron chi connectivity index (χ0n) is 19.8. The van der Waals surface area contributed by atoms with E-state index in [4.69, 9.17) is 21.6 Å². The second kappa shape index (κ2) is 10.4. The molecule has 0 bridgehead atoms. The van der Waals surface area contributed by atoms with Crippen molar-refractivity contribution in [2.24, 2.45) is 0 Å². The van der Waals surface area contributed by atoms with Crippen LogP contribution in [0.1, 0.15) is 23.7 Å². The highest BCUT2D eigenvalue weighted by Crippen LogP contribution is 2.31. The average molecular weight is 482 g/mol. The van der Waals surface area contributed by atoms with Crippen molar-refractivity contribution in [3.63, 3.8) is 0 Å². The normalized spacial score (nSPS) is 13.8. The van der Waals surface area contributed by atoms with Gasteiger partial charge in [-0.3, -0.25) is 0 Å². The Morgan fingerprint density at radius 1 is 1.00 bits per heavy atom. The van der Waals surface area contributed by atoms with Gasteiger partial charge in [0, 0.05) is 74.1 Å². The minimum absolute atomic E-state index is 0.0000729. The first-order chi connectivity index (χ1) is 16.4. The summed E-state index contributed by atoms with van der Waals surface area (Å²) in [7, 11) is 3.52. The summed E-state index contributed by atoms with van der Waals surface area (Å²) in [4.78, 5) is 27.9. The molecule has 0 radical (unpaired) electrons. The maximum atomic E-state index is 14.7. The largest absolute Gasteiger partial charge is 0.353 e. The van der Waals surface area contributed by atoms with Crippen molar-refractivity contribution >= 4 is 23.4 Å². The molecule has 1 aliphatic rings. The van der Waals surface area contributed by atoms with E-state index in [9.17, 15) is 9.18 Å². The zero-order chi connectivity index (χ0) is 24.2. The molecule has 0 spiro atoms. The summed E-state index contributed by atoms with van der Waals surface area (Å²) >= 11 is 6.38. The van der Waals surface area contributed by atoms with E-state index in [0.29, 0.717) is 55.4 Å². The van der Waals surface area contributed by atoms with Crippen molar-refractivity contribution in [2.75, 3.05) is 45.2 Å². The van der Waals surface area contributed by atoms with Gasteiger partial charge >= 0.3 is 6.03 Å². The molecule has 0 aliphatic carbocycles. The zero-order valence-corrected chi connectivity index (χ0v) is 20.5. The maximum Gasteiger partial charge on any atom is 0.319 e. The van der Waals surface area contributed by atoms with Crippen molar-refractivity contribution in [3.8, 4) is 11.4 Å². The summed E-state index contributed by atoms with van der Waals surface area (Å²) in [5.74, 6) is 1.08. The third kappa shape index (κ3) is 4.99. The number of urea groups is 1. The van der Waals surface area contributed by atoms with Gasteiger partial charge in [0.15, 0.2) is 5.82 Å². The average Bonchev–Trinajstić information content (AvgIpc) is 2.86. The van der Waals surface area contributed by atoms with E-state index >= 15 is 0 Å². The van der Waals surface area contributed by atoms with Crippen molar-refractivity contribution in [1.82, 2.24) is 19.8 Å². The molecule has 1 aromatic heterocycles. The van der Waals surface area contributed by atoms with Crippen LogP contribution >= 0.6 is 11.6 Å². The number of rotatable bonds is 5. The van der Waals surface area contributed by atoms with Crippen LogP contribution in [0.5, 0.6) is 0 Å². The van der Waals surface area contributed by atoms with Crippen LogP contribution in [0.4, 0.5) is 15.0 Å². The summed E-state index contributed by atoms with van der Waals surface area (Å²) < 4.78 is 14.7. The fraction of sp³-hybridized carbons (Fsp3) is 0.346. The number of amides is 2. The number of carbonyl (C=O) groups is 1. The predicted molar refractivity (Wildman–Crippen MR) is 134 cm³/mol. The Balaban J connectivity index is 1.76. The first-order valence-corrected chi connectivity index (χ1v) is 11.9. The second-order valence-electron chi connectivity index (χ2n) is 8.54. The monoisotopic (exact) mass is 481 g/mol. The predicted octanol–water partition coefficient (Wildman–Crippen LogP) is 4.89. The highest BCUT2D eigenvalue weighted by atomic mass is 35.5. The SMILES string of the molecule is CCc1nc(-c2ccccc2)nc(N2CCN(C(=O)N(C)C)CC2)c1Cc1c(F)cccc1Cl. The Labute approximate surface area is 205 Å². The smallest absolute Gasteiger partial charge is 0.319 e. The lowest BCUT2D eigenvalue weighted by atomic mass is 10.0. The lowest BCUT2D eigenvalue weighted by Gasteiger charge is -2.37. The Morgan fingerprint density at radius 3 is 2.32 bits per heavy atom. The van der Waals surface area contributed by atoms with Crippen molar-refractivity contribution in [3.05, 3.63) is 76.2 Å². The Morgan fingerprint density at radius 2 is 1.71 bits per heavy atom. The number of halogens is 2. The Hall–Kier alpha value is -3.19. The molecule has 2 amide bonds. The van der Waals surface area contributed by atoms with Crippen LogP contribution in [0.25, 0.3) is 11.4 Å². The van der Waals surface area contributed by atoms with Gasteiger partial charge in [0.25, 0.3) is 0 Å². The fourth-order valence-electron chi connectivity index (χ4n) is 4.24. The number of piperazine rings is 1. The molecule has 2 aromatic carbocycles. The molecule has 0 N–H and O–H groups in total. The molecule has 0 saturated carbocycles. The molecule has 1 saturated heterocycles. The van der Waals surface area contributed by atoms with E-state index < -0.39 is 0 Å². The molecule has 8 heteroatoms. The number of aromatic nitrogens is 2. The number of hydrogen-bond donors (Lipinski definition) is 0. The molecule has 4 rings (SSSR count). The quantitative estimate of drug-likeness (QED) is 0.520. The highest BCUT2D eigenvalue weighted by molar-refractivity contribution is 6.31. The van der Waals surface area contributed by atoms with Crippen LogP contribution in [0.3, 0.4) is 0 Å². The van der Waals surface area contributed by atoms with Crippen LogP contribution in [-0.2, 0) is 12.8 Å². The van der Waals surface area contributed by atoms with Gasteiger partial charge in [-0.1, -0.05) is 54.9 Å². The van der Waals surface area contributed by atoms with Crippen molar-refractivity contribution in [2.45, 2.75) is 19.8 Å². The molecule has 1 aliphatic heterocycles. The minimum atomic E-state index is -0.339. The highest BCUT2D eigenvalue weighted by Gasteiger charge is 2.27. The van der Waals surface area contributed by atoms with Gasteiger partial charge in [-0.15, -0.1) is 0 Å². The lowest BCUT2D eigenvalue weighted by Crippen LogP contribution is -2.52. The van der Waals surface area contributed by atoms with Gasteiger partial charge in [-0.05, 0) is 18.6 Å². The van der Waals surface area contributed by atoms with E-state index in [1.165, 1.54) is 6.07 Å². The van der Waals surface area contributed by atoms with Crippen LogP contribution in [0, 0.1) is 5.82 Å². The first kappa shape index (κ1) is 24.0. The Kier molecular flexibility index (Phi) is 7.32. The standard InChI is InChI=1S/C26H29ClFN5O/c1-4-23-20(17-19-21(27)11-8-12-22(19)28)25(30-24(29-23)18-9-6-5-7-10-18)32-13-15-33(16-14-32)26(34)31(2)3/h5-12H,4,13-17H2,1-3H3. The van der Waals surface area contributed by atoms with E-state index in [2.05, 4.69) is 4.90 Å². The van der Waals surface area contributed by atoms with Crippen LogP contribution in [0.15, 0.2) is 48.5 Å². The molecule has 0 atom stereocenters. The maximum absolute atomic E-state index is 14.7. The van der Waals surface area contributed by atoms with E-state index in [-0.39, 0.29) is 11.8 Å². The summed E-state index contributed by atoms with van der Waals surface area (Å²) in [6.45, 7) is 4.48. The number of carbonyl (C=O) groups excluding carboxylic acids is 1. The van der Waals surface area contributed by atoms with E-state index in [1.54, 1.807) is 31.1 Å². The summed E-state index contributed by atoms with van der Waals surface area (Å²) in [5.41, 5.74) is 3.12. The Bertz CT molecular complexity index is 1140. The molecule has 2 heterocycles. The number of nitrogens with zero attached hydrogens (tertiary/aromatic N) is 5. The van der Waals surface area contributed by atoms with Crippen LogP contribution < -0.4 is 4.90 Å². The molecular weight excluding hydrogens is 453 g/mol. The number of anilines is 1. The fourth-order valence-corrected chi connectivity index (χ4v) is 4.47. The van der Waals surface area contributed by atoms with Crippen LogP contribution in [-0.4, -0.2) is 66.1 Å². The second-order valence-corrected chi connectivity index (χ2v) is 8.95. The molecule has 0 unspecified atom stereocenters. The topological polar surface area (TPSA) is 52.6 Å². The van der Waals surface area contributed by atoms with Crippen molar-refractivity contribution < 1.29 is 9.18 Å². The number of hydrogen-bond acceptors (Lipinski definition) is 4. The molecule has 1 fully saturated rings. The van der Waals surface area contributed by atoms with E-state index in [0.717, 1.165) is 22.6 Å². The molecular formula is C26H29ClFN5O. The third-order valence-electron chi connectivity index (χ3n) is 6.09.